The first kappa shape index (κ1) is 21.1. The quantitative estimate of drug-likeness (QED) is 0.531. The molecule has 0 bridgehead atoms. The number of anilines is 1. The van der Waals surface area contributed by atoms with Gasteiger partial charge in [0.25, 0.3) is 0 Å². The number of rotatable bonds is 5. The van der Waals surface area contributed by atoms with Crippen molar-refractivity contribution in [2.75, 3.05) is 11.6 Å². The highest BCUT2D eigenvalue weighted by Crippen LogP contribution is 2.30. The van der Waals surface area contributed by atoms with Crippen LogP contribution in [0.4, 0.5) is 19.0 Å². The summed E-state index contributed by atoms with van der Waals surface area (Å²) >= 11 is 5.89. The topological polar surface area (TPSA) is 94.5 Å². The predicted octanol–water partition coefficient (Wildman–Crippen LogP) is 4.73. The number of pyridine rings is 1. The van der Waals surface area contributed by atoms with E-state index in [1.54, 1.807) is 6.92 Å². The van der Waals surface area contributed by atoms with Crippen LogP contribution in [0.15, 0.2) is 29.3 Å². The van der Waals surface area contributed by atoms with Crippen LogP contribution < -0.4 is 5.32 Å². The van der Waals surface area contributed by atoms with E-state index >= 15 is 0 Å². The van der Waals surface area contributed by atoms with Gasteiger partial charge in [-0.05, 0) is 31.5 Å². The molecule has 0 aliphatic rings. The normalized spacial score (nSPS) is 14.4. The summed E-state index contributed by atoms with van der Waals surface area (Å²) in [5.74, 6) is -2.45. The lowest BCUT2D eigenvalue weighted by molar-refractivity contribution is 0.566. The highest BCUT2D eigenvalue weighted by molar-refractivity contribution is 7.91. The zero-order valence-electron chi connectivity index (χ0n) is 15.6. The van der Waals surface area contributed by atoms with Crippen molar-refractivity contribution in [3.05, 3.63) is 69.5 Å². The second-order valence-electron chi connectivity index (χ2n) is 6.53. The van der Waals surface area contributed by atoms with E-state index in [9.17, 15) is 17.4 Å². The molecule has 0 aliphatic carbocycles. The number of nitrogens with one attached hydrogen (secondary N) is 3. The average Bonchev–Trinajstić information content (AvgIpc) is 3.01. The van der Waals surface area contributed by atoms with Gasteiger partial charge in [-0.25, -0.2) is 32.1 Å². The van der Waals surface area contributed by atoms with Gasteiger partial charge in [0.2, 0.25) is 0 Å². The van der Waals surface area contributed by atoms with Crippen LogP contribution >= 0.6 is 11.6 Å². The van der Waals surface area contributed by atoms with Crippen molar-refractivity contribution in [2.45, 2.75) is 24.9 Å². The van der Waals surface area contributed by atoms with Crippen LogP contribution in [0.1, 0.15) is 28.8 Å². The van der Waals surface area contributed by atoms with Crippen LogP contribution in [-0.2, 0) is 9.73 Å². The largest absolute Gasteiger partial charge is 0.354 e. The molecule has 2 heterocycles. The van der Waals surface area contributed by atoms with Crippen LogP contribution in [0.2, 0.25) is 5.02 Å². The molecule has 2 atom stereocenters. The number of aryl methyl sites for hydroxylation is 2. The van der Waals surface area contributed by atoms with Gasteiger partial charge in [-0.15, -0.1) is 0 Å². The number of H-pyrrole nitrogens is 1. The molecule has 154 valence electrons. The van der Waals surface area contributed by atoms with E-state index < -0.39 is 33.2 Å². The van der Waals surface area contributed by atoms with Gasteiger partial charge in [-0.3, -0.25) is 0 Å². The number of benzene rings is 1. The van der Waals surface area contributed by atoms with Crippen LogP contribution in [0.5, 0.6) is 0 Å². The van der Waals surface area contributed by atoms with Gasteiger partial charge in [0, 0.05) is 18.0 Å². The van der Waals surface area contributed by atoms with Crippen molar-refractivity contribution in [1.29, 1.82) is 4.78 Å². The maximum Gasteiger partial charge on any atom is 0.168 e. The Morgan fingerprint density at radius 3 is 2.41 bits per heavy atom. The first-order chi connectivity index (χ1) is 13.5. The summed E-state index contributed by atoms with van der Waals surface area (Å²) in [6, 6.07) is 3.64. The smallest absolute Gasteiger partial charge is 0.168 e. The lowest BCUT2D eigenvalue weighted by atomic mass is 10.1. The van der Waals surface area contributed by atoms with E-state index in [1.807, 2.05) is 0 Å². The molecule has 3 aromatic rings. The molecule has 3 rings (SSSR count). The number of halogens is 4. The number of hydrogen-bond acceptors (Lipinski definition) is 5. The standard InChI is InChI=1S/C18H17ClF3N5OS/c1-8-13(21)7-14(22)16(24-8)26-15(10-4-5-12(20)11(19)6-10)17-25-9(2)18(27-17)29(3,23)28/h4-7,15,23H,1-3H3,(H,24,26)(H,25,27)/t15?,29-/m1/s1. The minimum atomic E-state index is -3.13. The minimum Gasteiger partial charge on any atom is -0.354 e. The maximum absolute atomic E-state index is 14.3. The Kier molecular flexibility index (Phi) is 5.59. The molecule has 2 aromatic heterocycles. The van der Waals surface area contributed by atoms with Crippen molar-refractivity contribution >= 4 is 27.1 Å². The van der Waals surface area contributed by atoms with Gasteiger partial charge in [-0.1, -0.05) is 17.7 Å². The Balaban J connectivity index is 2.15. The molecule has 29 heavy (non-hydrogen) atoms. The highest BCUT2D eigenvalue weighted by Gasteiger charge is 2.24. The lowest BCUT2D eigenvalue weighted by Gasteiger charge is -2.19. The summed E-state index contributed by atoms with van der Waals surface area (Å²) in [6.07, 6.45) is 1.22. The third kappa shape index (κ3) is 4.38. The van der Waals surface area contributed by atoms with E-state index in [2.05, 4.69) is 20.3 Å². The molecule has 1 aromatic carbocycles. The molecule has 1 unspecified atom stereocenters. The number of aromatic nitrogens is 3. The maximum atomic E-state index is 14.3. The molecule has 0 saturated carbocycles. The van der Waals surface area contributed by atoms with Crippen LogP contribution in [0, 0.1) is 36.1 Å². The second-order valence-corrected chi connectivity index (χ2v) is 9.01. The van der Waals surface area contributed by atoms with Crippen molar-refractivity contribution in [3.8, 4) is 0 Å². The summed E-state index contributed by atoms with van der Waals surface area (Å²) < 4.78 is 61.4. The molecular formula is C18H17ClF3N5OS. The molecule has 0 radical (unpaired) electrons. The fourth-order valence-corrected chi connectivity index (χ4v) is 3.88. The zero-order chi connectivity index (χ0) is 21.5. The SMILES string of the molecule is Cc1nc(NC(c2ccc(F)c(Cl)c2)c2nc([S@](C)(=N)=O)c(C)[nH]2)c(F)cc1F. The molecular weight excluding hydrogens is 427 g/mol. The van der Waals surface area contributed by atoms with Gasteiger partial charge in [0.15, 0.2) is 16.7 Å². The van der Waals surface area contributed by atoms with Crippen molar-refractivity contribution in [3.63, 3.8) is 0 Å². The zero-order valence-corrected chi connectivity index (χ0v) is 17.2. The molecule has 0 aliphatic heterocycles. The summed E-state index contributed by atoms with van der Waals surface area (Å²) in [6.45, 7) is 2.98. The van der Waals surface area contributed by atoms with E-state index in [-0.39, 0.29) is 27.4 Å². The Hall–Kier alpha value is -2.59. The van der Waals surface area contributed by atoms with Gasteiger partial charge < -0.3 is 10.3 Å². The Morgan fingerprint density at radius 2 is 1.83 bits per heavy atom. The van der Waals surface area contributed by atoms with E-state index in [1.165, 1.54) is 25.3 Å². The van der Waals surface area contributed by atoms with E-state index in [0.29, 0.717) is 17.3 Å². The fourth-order valence-electron chi connectivity index (χ4n) is 2.78. The predicted molar refractivity (Wildman–Crippen MR) is 104 cm³/mol. The van der Waals surface area contributed by atoms with Crippen molar-refractivity contribution in [1.82, 2.24) is 15.0 Å². The third-order valence-corrected chi connectivity index (χ3v) is 5.59. The number of nitrogens with zero attached hydrogens (tertiary/aromatic N) is 2. The number of imidazole rings is 1. The summed E-state index contributed by atoms with van der Waals surface area (Å²) in [5.41, 5.74) is 0.766. The number of aromatic amines is 1. The van der Waals surface area contributed by atoms with Crippen molar-refractivity contribution < 1.29 is 17.4 Å². The Labute approximate surface area is 170 Å². The van der Waals surface area contributed by atoms with Crippen molar-refractivity contribution in [2.24, 2.45) is 0 Å². The Bertz CT molecular complexity index is 1200. The van der Waals surface area contributed by atoms with Gasteiger partial charge in [0.1, 0.15) is 23.5 Å². The van der Waals surface area contributed by atoms with Crippen LogP contribution in [-0.4, -0.2) is 25.4 Å². The van der Waals surface area contributed by atoms with Gasteiger partial charge in [-0.2, -0.15) is 0 Å². The monoisotopic (exact) mass is 443 g/mol. The molecule has 0 spiro atoms. The fraction of sp³-hybridized carbons (Fsp3) is 0.222. The third-order valence-electron chi connectivity index (χ3n) is 4.16. The summed E-state index contributed by atoms with van der Waals surface area (Å²) in [5, 5.41) is 2.68. The van der Waals surface area contributed by atoms with Crippen LogP contribution in [0.3, 0.4) is 0 Å². The van der Waals surface area contributed by atoms with Gasteiger partial charge >= 0.3 is 0 Å². The molecule has 3 N–H and O–H groups in total. The first-order valence-electron chi connectivity index (χ1n) is 8.31. The molecule has 6 nitrogen and oxygen atoms in total. The summed E-state index contributed by atoms with van der Waals surface area (Å²) in [4.78, 5) is 11.0. The molecule has 0 fully saturated rings. The molecule has 0 saturated heterocycles. The lowest BCUT2D eigenvalue weighted by Crippen LogP contribution is -2.17. The van der Waals surface area contributed by atoms with E-state index in [0.717, 1.165) is 6.07 Å². The van der Waals surface area contributed by atoms with Crippen LogP contribution in [0.25, 0.3) is 0 Å². The molecule has 0 amide bonds. The first-order valence-corrected chi connectivity index (χ1v) is 10.7. The highest BCUT2D eigenvalue weighted by atomic mass is 35.5. The number of hydrogen-bond donors (Lipinski definition) is 3. The Morgan fingerprint density at radius 1 is 1.14 bits per heavy atom. The molecule has 11 heteroatoms. The van der Waals surface area contributed by atoms with Gasteiger partial charge in [0.05, 0.1) is 20.4 Å². The summed E-state index contributed by atoms with van der Waals surface area (Å²) in [7, 11) is -3.13. The minimum absolute atomic E-state index is 0.0242. The second kappa shape index (κ2) is 7.68. The average molecular weight is 444 g/mol. The van der Waals surface area contributed by atoms with E-state index in [4.69, 9.17) is 16.4 Å².